The second-order valence-corrected chi connectivity index (χ2v) is 3.92. The topological polar surface area (TPSA) is 56.1 Å². The summed E-state index contributed by atoms with van der Waals surface area (Å²) >= 11 is 0. The molecule has 1 amide bonds. The fourth-order valence-corrected chi connectivity index (χ4v) is 1.41. The molecular formula is C12H21N3O2. The number of amides is 1. The summed E-state index contributed by atoms with van der Waals surface area (Å²) in [5.74, 6) is -0.0847. The van der Waals surface area contributed by atoms with Gasteiger partial charge in [-0.3, -0.25) is 9.48 Å². The summed E-state index contributed by atoms with van der Waals surface area (Å²) < 4.78 is 6.96. The van der Waals surface area contributed by atoms with Crippen LogP contribution < -0.4 is 5.32 Å². The smallest absolute Gasteiger partial charge is 0.269 e. The van der Waals surface area contributed by atoms with Crippen LogP contribution in [-0.4, -0.2) is 35.4 Å². The molecule has 1 rings (SSSR count). The van der Waals surface area contributed by atoms with Crippen molar-refractivity contribution in [1.82, 2.24) is 15.1 Å². The highest BCUT2D eigenvalue weighted by Crippen LogP contribution is 1.95. The Kier molecular flexibility index (Phi) is 6.32. The van der Waals surface area contributed by atoms with Crippen molar-refractivity contribution in [3.8, 4) is 0 Å². The SMILES string of the molecule is CCCCOCCCNC(=O)c1ccnn1C. The number of unbranched alkanes of at least 4 members (excludes halogenated alkanes) is 1. The van der Waals surface area contributed by atoms with Gasteiger partial charge in [0.25, 0.3) is 5.91 Å². The maximum atomic E-state index is 11.6. The molecule has 0 unspecified atom stereocenters. The van der Waals surface area contributed by atoms with E-state index in [-0.39, 0.29) is 5.91 Å². The monoisotopic (exact) mass is 239 g/mol. The van der Waals surface area contributed by atoms with Gasteiger partial charge in [-0.25, -0.2) is 0 Å². The molecule has 1 aromatic heterocycles. The van der Waals surface area contributed by atoms with Crippen LogP contribution in [-0.2, 0) is 11.8 Å². The highest BCUT2D eigenvalue weighted by molar-refractivity contribution is 5.92. The van der Waals surface area contributed by atoms with Crippen molar-refractivity contribution in [2.75, 3.05) is 19.8 Å². The van der Waals surface area contributed by atoms with Gasteiger partial charge in [-0.2, -0.15) is 5.10 Å². The number of carbonyl (C=O) groups excluding carboxylic acids is 1. The number of ether oxygens (including phenoxy) is 1. The highest BCUT2D eigenvalue weighted by atomic mass is 16.5. The number of rotatable bonds is 8. The van der Waals surface area contributed by atoms with Crippen molar-refractivity contribution in [3.05, 3.63) is 18.0 Å². The van der Waals surface area contributed by atoms with E-state index in [4.69, 9.17) is 4.74 Å². The van der Waals surface area contributed by atoms with Crippen molar-refractivity contribution in [3.63, 3.8) is 0 Å². The first-order valence-electron chi connectivity index (χ1n) is 6.09. The van der Waals surface area contributed by atoms with Crippen molar-refractivity contribution in [1.29, 1.82) is 0 Å². The van der Waals surface area contributed by atoms with E-state index in [0.29, 0.717) is 18.8 Å². The summed E-state index contributed by atoms with van der Waals surface area (Å²) in [7, 11) is 1.75. The second kappa shape index (κ2) is 7.84. The lowest BCUT2D eigenvalue weighted by molar-refractivity contribution is 0.0931. The average Bonchev–Trinajstić information content (AvgIpc) is 2.74. The zero-order valence-corrected chi connectivity index (χ0v) is 10.6. The molecule has 1 N–H and O–H groups in total. The fourth-order valence-electron chi connectivity index (χ4n) is 1.41. The van der Waals surface area contributed by atoms with Gasteiger partial charge in [0.2, 0.25) is 0 Å². The van der Waals surface area contributed by atoms with Crippen LogP contribution >= 0.6 is 0 Å². The van der Waals surface area contributed by atoms with Crippen molar-refractivity contribution >= 4 is 5.91 Å². The largest absolute Gasteiger partial charge is 0.381 e. The Morgan fingerprint density at radius 1 is 1.47 bits per heavy atom. The van der Waals surface area contributed by atoms with E-state index < -0.39 is 0 Å². The van der Waals surface area contributed by atoms with Gasteiger partial charge in [-0.05, 0) is 18.9 Å². The van der Waals surface area contributed by atoms with Gasteiger partial charge in [-0.15, -0.1) is 0 Å². The molecule has 0 aliphatic heterocycles. The third kappa shape index (κ3) is 4.99. The first kappa shape index (κ1) is 13.7. The fraction of sp³-hybridized carbons (Fsp3) is 0.667. The lowest BCUT2D eigenvalue weighted by atomic mass is 10.3. The van der Waals surface area contributed by atoms with Gasteiger partial charge in [0.1, 0.15) is 5.69 Å². The molecule has 0 saturated carbocycles. The van der Waals surface area contributed by atoms with Gasteiger partial charge >= 0.3 is 0 Å². The van der Waals surface area contributed by atoms with Crippen LogP contribution in [0.15, 0.2) is 12.3 Å². The Labute approximate surface area is 102 Å². The van der Waals surface area contributed by atoms with Crippen LogP contribution in [0.1, 0.15) is 36.7 Å². The van der Waals surface area contributed by atoms with Crippen LogP contribution in [0.2, 0.25) is 0 Å². The van der Waals surface area contributed by atoms with E-state index in [2.05, 4.69) is 17.3 Å². The Morgan fingerprint density at radius 3 is 2.88 bits per heavy atom. The van der Waals surface area contributed by atoms with E-state index in [9.17, 15) is 4.79 Å². The van der Waals surface area contributed by atoms with Gasteiger partial charge < -0.3 is 10.1 Å². The molecule has 0 aliphatic rings. The molecule has 0 fully saturated rings. The molecule has 17 heavy (non-hydrogen) atoms. The van der Waals surface area contributed by atoms with E-state index in [1.807, 2.05) is 0 Å². The van der Waals surface area contributed by atoms with E-state index >= 15 is 0 Å². The van der Waals surface area contributed by atoms with E-state index in [1.165, 1.54) is 0 Å². The molecule has 96 valence electrons. The summed E-state index contributed by atoms with van der Waals surface area (Å²) in [6, 6.07) is 1.70. The predicted molar refractivity (Wildman–Crippen MR) is 65.9 cm³/mol. The first-order chi connectivity index (χ1) is 8.25. The lowest BCUT2D eigenvalue weighted by Crippen LogP contribution is -2.27. The predicted octanol–water partition coefficient (Wildman–Crippen LogP) is 1.36. The zero-order chi connectivity index (χ0) is 12.5. The minimum atomic E-state index is -0.0847. The first-order valence-corrected chi connectivity index (χ1v) is 6.09. The molecule has 0 radical (unpaired) electrons. The Bertz CT molecular complexity index is 336. The van der Waals surface area contributed by atoms with Gasteiger partial charge in [-0.1, -0.05) is 13.3 Å². The van der Waals surface area contributed by atoms with Crippen LogP contribution in [0.5, 0.6) is 0 Å². The number of aryl methyl sites for hydroxylation is 1. The second-order valence-electron chi connectivity index (χ2n) is 3.92. The number of hydrogen-bond donors (Lipinski definition) is 1. The summed E-state index contributed by atoms with van der Waals surface area (Å²) in [5, 5.41) is 6.78. The maximum Gasteiger partial charge on any atom is 0.269 e. The number of aromatic nitrogens is 2. The Hall–Kier alpha value is -1.36. The van der Waals surface area contributed by atoms with Crippen LogP contribution in [0, 0.1) is 0 Å². The molecule has 0 aromatic carbocycles. The molecule has 5 nitrogen and oxygen atoms in total. The summed E-state index contributed by atoms with van der Waals surface area (Å²) in [4.78, 5) is 11.6. The van der Waals surface area contributed by atoms with Crippen LogP contribution in [0.25, 0.3) is 0 Å². The van der Waals surface area contributed by atoms with Gasteiger partial charge in [0.05, 0.1) is 0 Å². The zero-order valence-electron chi connectivity index (χ0n) is 10.6. The molecule has 0 saturated heterocycles. The Morgan fingerprint density at radius 2 is 2.24 bits per heavy atom. The van der Waals surface area contributed by atoms with Gasteiger partial charge in [0, 0.05) is 33.0 Å². The Balaban J connectivity index is 2.07. The van der Waals surface area contributed by atoms with Crippen molar-refractivity contribution < 1.29 is 9.53 Å². The molecule has 5 heteroatoms. The van der Waals surface area contributed by atoms with Crippen molar-refractivity contribution in [2.45, 2.75) is 26.2 Å². The summed E-state index contributed by atoms with van der Waals surface area (Å²) in [6.07, 6.45) is 4.70. The van der Waals surface area contributed by atoms with Crippen LogP contribution in [0.4, 0.5) is 0 Å². The standard InChI is InChI=1S/C12H21N3O2/c1-3-4-9-17-10-5-7-13-12(16)11-6-8-14-15(11)2/h6,8H,3-5,7,9-10H2,1-2H3,(H,13,16). The highest BCUT2D eigenvalue weighted by Gasteiger charge is 2.07. The minimum absolute atomic E-state index is 0.0847. The number of nitrogens with one attached hydrogen (secondary N) is 1. The molecule has 0 bridgehead atoms. The number of nitrogens with zero attached hydrogens (tertiary/aromatic N) is 2. The minimum Gasteiger partial charge on any atom is -0.381 e. The molecule has 0 spiro atoms. The van der Waals surface area contributed by atoms with Gasteiger partial charge in [0.15, 0.2) is 0 Å². The summed E-state index contributed by atoms with van der Waals surface area (Å²) in [5.41, 5.74) is 0.580. The number of hydrogen-bond acceptors (Lipinski definition) is 3. The third-order valence-electron chi connectivity index (χ3n) is 2.45. The van der Waals surface area contributed by atoms with Crippen molar-refractivity contribution in [2.24, 2.45) is 7.05 Å². The average molecular weight is 239 g/mol. The quantitative estimate of drug-likeness (QED) is 0.697. The lowest BCUT2D eigenvalue weighted by Gasteiger charge is -2.06. The molecular weight excluding hydrogens is 218 g/mol. The third-order valence-corrected chi connectivity index (χ3v) is 2.45. The molecule has 0 atom stereocenters. The molecule has 1 heterocycles. The van der Waals surface area contributed by atoms with Crippen LogP contribution in [0.3, 0.4) is 0 Å². The normalized spacial score (nSPS) is 10.5. The summed E-state index contributed by atoms with van der Waals surface area (Å²) in [6.45, 7) is 4.28. The maximum absolute atomic E-state index is 11.6. The number of carbonyl (C=O) groups is 1. The van der Waals surface area contributed by atoms with E-state index in [0.717, 1.165) is 25.9 Å². The molecule has 1 aromatic rings. The van der Waals surface area contributed by atoms with E-state index in [1.54, 1.807) is 24.0 Å². The molecule has 0 aliphatic carbocycles.